The van der Waals surface area contributed by atoms with E-state index in [0.29, 0.717) is 16.8 Å². The molecule has 1 aromatic rings. The molecular weight excluding hydrogens is 240 g/mol. The number of anilines is 1. The molecule has 2 aliphatic rings. The molecule has 4 nitrogen and oxygen atoms in total. The van der Waals surface area contributed by atoms with Crippen LogP contribution in [0.25, 0.3) is 0 Å². The van der Waals surface area contributed by atoms with E-state index in [4.69, 9.17) is 5.11 Å². The molecule has 0 unspecified atom stereocenters. The van der Waals surface area contributed by atoms with Crippen molar-refractivity contribution >= 4 is 11.8 Å². The first kappa shape index (κ1) is 12.5. The van der Waals surface area contributed by atoms with Crippen LogP contribution >= 0.6 is 0 Å². The van der Waals surface area contributed by atoms with Crippen LogP contribution in [0.4, 0.5) is 5.82 Å². The summed E-state index contributed by atoms with van der Waals surface area (Å²) in [6.45, 7) is 2.93. The summed E-state index contributed by atoms with van der Waals surface area (Å²) in [4.78, 5) is 15.6. The lowest BCUT2D eigenvalue weighted by molar-refractivity contribution is 0.0696. The second kappa shape index (κ2) is 4.51. The minimum Gasteiger partial charge on any atom is -0.478 e. The van der Waals surface area contributed by atoms with Crippen LogP contribution in [0.5, 0.6) is 0 Å². The molecule has 2 saturated carbocycles. The molecule has 0 bridgehead atoms. The first-order valence-corrected chi connectivity index (χ1v) is 7.11. The summed E-state index contributed by atoms with van der Waals surface area (Å²) in [6, 6.07) is 3.30. The molecule has 3 rings (SSSR count). The molecular formula is C15H20N2O2. The molecule has 1 heterocycles. The van der Waals surface area contributed by atoms with Crippen LogP contribution in [-0.4, -0.2) is 22.6 Å². The normalized spacial score (nSPS) is 20.1. The quantitative estimate of drug-likeness (QED) is 0.825. The largest absolute Gasteiger partial charge is 0.478 e. The number of rotatable bonds is 6. The van der Waals surface area contributed by atoms with Crippen molar-refractivity contribution in [2.45, 2.75) is 39.0 Å². The molecule has 4 heteroatoms. The van der Waals surface area contributed by atoms with Gasteiger partial charge in [-0.15, -0.1) is 0 Å². The first-order valence-electron chi connectivity index (χ1n) is 7.11. The summed E-state index contributed by atoms with van der Waals surface area (Å²) < 4.78 is 0. The SMILES string of the molecule is CCc1cc(C(=O)O)cc(NCC2(C3CC3)CC2)n1. The zero-order valence-corrected chi connectivity index (χ0v) is 11.3. The summed E-state index contributed by atoms with van der Waals surface area (Å²) in [5.41, 5.74) is 1.65. The van der Waals surface area contributed by atoms with Crippen LogP contribution in [0.3, 0.4) is 0 Å². The maximum absolute atomic E-state index is 11.1. The van der Waals surface area contributed by atoms with Crippen LogP contribution in [0.15, 0.2) is 12.1 Å². The number of carboxylic acid groups (broad SMARTS) is 1. The predicted octanol–water partition coefficient (Wildman–Crippen LogP) is 2.94. The van der Waals surface area contributed by atoms with Gasteiger partial charge >= 0.3 is 5.97 Å². The standard InChI is InChI=1S/C15H20N2O2/c1-2-12-7-10(14(18)19)8-13(17-12)16-9-15(5-6-15)11-3-4-11/h7-8,11H,2-6,9H2,1H3,(H,16,17)(H,18,19). The summed E-state index contributed by atoms with van der Waals surface area (Å²) in [5.74, 6) is 0.723. The van der Waals surface area contributed by atoms with E-state index in [0.717, 1.165) is 24.6 Å². The van der Waals surface area contributed by atoms with Crippen LogP contribution < -0.4 is 5.32 Å². The van der Waals surface area contributed by atoms with Gasteiger partial charge in [-0.25, -0.2) is 9.78 Å². The van der Waals surface area contributed by atoms with Gasteiger partial charge in [-0.3, -0.25) is 0 Å². The van der Waals surface area contributed by atoms with Crippen LogP contribution in [-0.2, 0) is 6.42 Å². The molecule has 19 heavy (non-hydrogen) atoms. The molecule has 0 amide bonds. The maximum atomic E-state index is 11.1. The Kier molecular flexibility index (Phi) is 2.96. The summed E-state index contributed by atoms with van der Waals surface area (Å²) in [5, 5.41) is 12.5. The van der Waals surface area contributed by atoms with E-state index in [9.17, 15) is 4.79 Å². The Morgan fingerprint density at radius 2 is 2.21 bits per heavy atom. The van der Waals surface area contributed by atoms with Gasteiger partial charge in [0.15, 0.2) is 0 Å². The number of carbonyl (C=O) groups is 1. The second-order valence-corrected chi connectivity index (χ2v) is 5.88. The van der Waals surface area contributed by atoms with E-state index >= 15 is 0 Å². The Labute approximate surface area is 113 Å². The van der Waals surface area contributed by atoms with Crippen LogP contribution in [0.1, 0.15) is 48.7 Å². The number of aryl methyl sites for hydroxylation is 1. The lowest BCUT2D eigenvalue weighted by Gasteiger charge is -2.16. The number of hydrogen-bond acceptors (Lipinski definition) is 3. The summed E-state index contributed by atoms with van der Waals surface area (Å²) >= 11 is 0. The Morgan fingerprint density at radius 1 is 1.47 bits per heavy atom. The van der Waals surface area contributed by atoms with E-state index in [-0.39, 0.29) is 0 Å². The number of aromatic nitrogens is 1. The van der Waals surface area contributed by atoms with Gasteiger partial charge < -0.3 is 10.4 Å². The molecule has 2 N–H and O–H groups in total. The van der Waals surface area contributed by atoms with Crippen molar-refractivity contribution in [3.8, 4) is 0 Å². The van der Waals surface area contributed by atoms with Gasteiger partial charge in [0.05, 0.1) is 5.56 Å². The lowest BCUT2D eigenvalue weighted by atomic mass is 10.0. The van der Waals surface area contributed by atoms with Crippen molar-refractivity contribution in [2.75, 3.05) is 11.9 Å². The number of aromatic carboxylic acids is 1. The smallest absolute Gasteiger partial charge is 0.335 e. The maximum Gasteiger partial charge on any atom is 0.335 e. The molecule has 102 valence electrons. The number of hydrogen-bond donors (Lipinski definition) is 2. The van der Waals surface area contributed by atoms with Crippen LogP contribution in [0.2, 0.25) is 0 Å². The van der Waals surface area contributed by atoms with E-state index in [1.54, 1.807) is 12.1 Å². The van der Waals surface area contributed by atoms with Gasteiger partial charge in [-0.05, 0) is 55.6 Å². The molecule has 0 radical (unpaired) electrons. The molecule has 0 saturated heterocycles. The fraction of sp³-hybridized carbons (Fsp3) is 0.600. The predicted molar refractivity (Wildman–Crippen MR) is 73.5 cm³/mol. The first-order chi connectivity index (χ1) is 9.13. The fourth-order valence-corrected chi connectivity index (χ4v) is 2.84. The van der Waals surface area contributed by atoms with E-state index in [1.165, 1.54) is 25.7 Å². The molecule has 2 fully saturated rings. The van der Waals surface area contributed by atoms with E-state index < -0.39 is 5.97 Å². The van der Waals surface area contributed by atoms with Crippen molar-refractivity contribution in [2.24, 2.45) is 11.3 Å². The minimum absolute atomic E-state index is 0.325. The summed E-state index contributed by atoms with van der Waals surface area (Å²) in [7, 11) is 0. The fourth-order valence-electron chi connectivity index (χ4n) is 2.84. The highest BCUT2D eigenvalue weighted by Gasteiger charge is 2.53. The molecule has 0 aromatic carbocycles. The van der Waals surface area contributed by atoms with Crippen LogP contribution in [0, 0.1) is 11.3 Å². The van der Waals surface area contributed by atoms with Gasteiger partial charge in [0, 0.05) is 12.2 Å². The highest BCUT2D eigenvalue weighted by atomic mass is 16.4. The van der Waals surface area contributed by atoms with Crippen molar-refractivity contribution in [3.05, 3.63) is 23.4 Å². The average Bonchev–Trinajstić information content (AvgIpc) is 3.28. The zero-order chi connectivity index (χ0) is 13.5. The second-order valence-electron chi connectivity index (χ2n) is 5.88. The number of nitrogens with zero attached hydrogens (tertiary/aromatic N) is 1. The van der Waals surface area contributed by atoms with Crippen molar-refractivity contribution in [1.29, 1.82) is 0 Å². The Balaban J connectivity index is 1.72. The van der Waals surface area contributed by atoms with Gasteiger partial charge in [-0.1, -0.05) is 6.92 Å². The topological polar surface area (TPSA) is 62.2 Å². The number of pyridine rings is 1. The molecule has 0 aliphatic heterocycles. The van der Waals surface area contributed by atoms with Crippen molar-refractivity contribution in [1.82, 2.24) is 4.98 Å². The van der Waals surface area contributed by atoms with E-state index in [2.05, 4.69) is 10.3 Å². The Morgan fingerprint density at radius 3 is 2.74 bits per heavy atom. The third-order valence-electron chi connectivity index (χ3n) is 4.44. The molecule has 2 aliphatic carbocycles. The van der Waals surface area contributed by atoms with Gasteiger partial charge in [-0.2, -0.15) is 0 Å². The molecule has 0 atom stereocenters. The van der Waals surface area contributed by atoms with Gasteiger partial charge in [0.2, 0.25) is 0 Å². The highest BCUT2D eigenvalue weighted by molar-refractivity contribution is 5.88. The average molecular weight is 260 g/mol. The third kappa shape index (κ3) is 2.57. The minimum atomic E-state index is -0.886. The number of nitrogens with one attached hydrogen (secondary N) is 1. The monoisotopic (exact) mass is 260 g/mol. The Bertz CT molecular complexity index is 505. The number of carboxylic acids is 1. The summed E-state index contributed by atoms with van der Waals surface area (Å²) in [6.07, 6.45) is 6.10. The zero-order valence-electron chi connectivity index (χ0n) is 11.3. The van der Waals surface area contributed by atoms with Gasteiger partial charge in [0.1, 0.15) is 5.82 Å². The van der Waals surface area contributed by atoms with Crippen molar-refractivity contribution in [3.63, 3.8) is 0 Å². The lowest BCUT2D eigenvalue weighted by Crippen LogP contribution is -2.18. The highest BCUT2D eigenvalue weighted by Crippen LogP contribution is 2.61. The van der Waals surface area contributed by atoms with Crippen molar-refractivity contribution < 1.29 is 9.90 Å². The molecule has 1 aromatic heterocycles. The van der Waals surface area contributed by atoms with Gasteiger partial charge in [0.25, 0.3) is 0 Å². The third-order valence-corrected chi connectivity index (χ3v) is 4.44. The molecule has 0 spiro atoms. The Hall–Kier alpha value is -1.58. The van der Waals surface area contributed by atoms with E-state index in [1.807, 2.05) is 6.92 Å².